The van der Waals surface area contributed by atoms with Crippen LogP contribution in [-0.4, -0.2) is 29.5 Å². The highest BCUT2D eigenvalue weighted by Gasteiger charge is 2.24. The van der Waals surface area contributed by atoms with Crippen molar-refractivity contribution >= 4 is 34.9 Å². The molecule has 7 heteroatoms. The van der Waals surface area contributed by atoms with E-state index in [9.17, 15) is 9.59 Å². The number of anilines is 2. The van der Waals surface area contributed by atoms with Gasteiger partial charge in [0.05, 0.1) is 16.3 Å². The molecule has 2 amide bonds. The van der Waals surface area contributed by atoms with Crippen molar-refractivity contribution in [1.29, 1.82) is 0 Å². The Kier molecular flexibility index (Phi) is 5.08. The molecular formula is C17H16ClN3O3. The average molecular weight is 346 g/mol. The summed E-state index contributed by atoms with van der Waals surface area (Å²) >= 11 is 5.78. The van der Waals surface area contributed by atoms with Crippen molar-refractivity contribution in [2.45, 2.75) is 18.9 Å². The lowest BCUT2D eigenvalue weighted by Gasteiger charge is -2.13. The maximum absolute atomic E-state index is 12.5. The van der Waals surface area contributed by atoms with E-state index in [1.165, 1.54) is 6.20 Å². The maximum atomic E-state index is 12.5. The predicted molar refractivity (Wildman–Crippen MR) is 91.2 cm³/mol. The number of carbonyl (C=O) groups excluding carboxylic acids is 2. The van der Waals surface area contributed by atoms with Gasteiger partial charge in [-0.25, -0.2) is 4.98 Å². The number of para-hydroxylation sites is 1. The Morgan fingerprint density at radius 3 is 2.71 bits per heavy atom. The van der Waals surface area contributed by atoms with Crippen LogP contribution >= 0.6 is 11.6 Å². The van der Waals surface area contributed by atoms with Gasteiger partial charge in [0.25, 0.3) is 11.8 Å². The fourth-order valence-corrected chi connectivity index (χ4v) is 2.53. The summed E-state index contributed by atoms with van der Waals surface area (Å²) in [4.78, 5) is 28.7. The number of hydrogen-bond acceptors (Lipinski definition) is 4. The van der Waals surface area contributed by atoms with Gasteiger partial charge in [0.15, 0.2) is 0 Å². The Morgan fingerprint density at radius 2 is 2.00 bits per heavy atom. The highest BCUT2D eigenvalue weighted by Crippen LogP contribution is 2.20. The van der Waals surface area contributed by atoms with E-state index in [0.717, 1.165) is 6.42 Å². The number of aromatic nitrogens is 1. The van der Waals surface area contributed by atoms with Crippen LogP contribution in [-0.2, 0) is 9.53 Å². The SMILES string of the molecule is O=C(Nc1ccc(Cl)cn1)c1ccccc1NC(=O)[C@@H]1CCCO1. The third kappa shape index (κ3) is 3.90. The number of pyridine rings is 1. The molecule has 2 aromatic rings. The van der Waals surface area contributed by atoms with Crippen molar-refractivity contribution in [3.05, 3.63) is 53.2 Å². The van der Waals surface area contributed by atoms with Crippen LogP contribution in [0.4, 0.5) is 11.5 Å². The number of carbonyl (C=O) groups is 2. The molecule has 1 aliphatic rings. The van der Waals surface area contributed by atoms with Crippen molar-refractivity contribution in [3.8, 4) is 0 Å². The van der Waals surface area contributed by atoms with Gasteiger partial charge in [-0.3, -0.25) is 9.59 Å². The van der Waals surface area contributed by atoms with Gasteiger partial charge in [0.2, 0.25) is 0 Å². The minimum Gasteiger partial charge on any atom is -0.368 e. The molecule has 0 aliphatic carbocycles. The Labute approximate surface area is 144 Å². The van der Waals surface area contributed by atoms with E-state index in [4.69, 9.17) is 16.3 Å². The molecule has 24 heavy (non-hydrogen) atoms. The number of hydrogen-bond donors (Lipinski definition) is 2. The molecule has 1 fully saturated rings. The van der Waals surface area contributed by atoms with Crippen LogP contribution in [0.5, 0.6) is 0 Å². The number of nitrogens with zero attached hydrogens (tertiary/aromatic N) is 1. The first kappa shape index (κ1) is 16.4. The quantitative estimate of drug-likeness (QED) is 0.892. The summed E-state index contributed by atoms with van der Waals surface area (Å²) in [6.45, 7) is 0.586. The Morgan fingerprint density at radius 1 is 1.17 bits per heavy atom. The van der Waals surface area contributed by atoms with Crippen molar-refractivity contribution < 1.29 is 14.3 Å². The van der Waals surface area contributed by atoms with Crippen molar-refractivity contribution in [2.24, 2.45) is 0 Å². The molecule has 3 rings (SSSR count). The van der Waals surface area contributed by atoms with Crippen LogP contribution in [0.2, 0.25) is 5.02 Å². The summed E-state index contributed by atoms with van der Waals surface area (Å²) in [6, 6.07) is 10.0. The topological polar surface area (TPSA) is 80.3 Å². The smallest absolute Gasteiger partial charge is 0.258 e. The van der Waals surface area contributed by atoms with Crippen LogP contribution in [0.1, 0.15) is 23.2 Å². The Balaban J connectivity index is 1.74. The van der Waals surface area contributed by atoms with Crippen molar-refractivity contribution in [2.75, 3.05) is 17.2 Å². The van der Waals surface area contributed by atoms with Gasteiger partial charge in [-0.2, -0.15) is 0 Å². The van der Waals surface area contributed by atoms with Crippen molar-refractivity contribution in [3.63, 3.8) is 0 Å². The van der Waals surface area contributed by atoms with Gasteiger partial charge in [-0.15, -0.1) is 0 Å². The lowest BCUT2D eigenvalue weighted by Crippen LogP contribution is -2.28. The number of ether oxygens (including phenoxy) is 1. The number of halogens is 1. The van der Waals surface area contributed by atoms with Crippen molar-refractivity contribution in [1.82, 2.24) is 4.98 Å². The van der Waals surface area contributed by atoms with Gasteiger partial charge < -0.3 is 15.4 Å². The fourth-order valence-electron chi connectivity index (χ4n) is 2.42. The first-order chi connectivity index (χ1) is 11.6. The summed E-state index contributed by atoms with van der Waals surface area (Å²) in [7, 11) is 0. The normalized spacial score (nSPS) is 16.6. The maximum Gasteiger partial charge on any atom is 0.258 e. The molecule has 0 bridgehead atoms. The molecule has 1 atom stereocenters. The molecule has 1 saturated heterocycles. The molecule has 1 aromatic heterocycles. The summed E-state index contributed by atoms with van der Waals surface area (Å²) in [6.07, 6.45) is 2.54. The summed E-state index contributed by atoms with van der Waals surface area (Å²) < 4.78 is 5.36. The molecule has 1 aromatic carbocycles. The second-order valence-electron chi connectivity index (χ2n) is 5.35. The minimum atomic E-state index is -0.459. The zero-order valence-electron chi connectivity index (χ0n) is 12.8. The highest BCUT2D eigenvalue weighted by atomic mass is 35.5. The fraction of sp³-hybridized carbons (Fsp3) is 0.235. The summed E-state index contributed by atoms with van der Waals surface area (Å²) in [5.41, 5.74) is 0.782. The molecule has 6 nitrogen and oxygen atoms in total. The average Bonchev–Trinajstić information content (AvgIpc) is 3.12. The number of benzene rings is 1. The first-order valence-corrected chi connectivity index (χ1v) is 7.96. The van der Waals surface area contributed by atoms with Crippen LogP contribution < -0.4 is 10.6 Å². The number of nitrogens with one attached hydrogen (secondary N) is 2. The molecule has 0 radical (unpaired) electrons. The first-order valence-electron chi connectivity index (χ1n) is 7.58. The third-order valence-corrected chi connectivity index (χ3v) is 3.84. The Hall–Kier alpha value is -2.44. The van der Waals surface area contributed by atoms with E-state index in [0.29, 0.717) is 35.1 Å². The molecule has 0 unspecified atom stereocenters. The zero-order chi connectivity index (χ0) is 16.9. The lowest BCUT2D eigenvalue weighted by molar-refractivity contribution is -0.124. The minimum absolute atomic E-state index is 0.239. The van der Waals surface area contributed by atoms with E-state index in [2.05, 4.69) is 15.6 Å². The molecule has 0 spiro atoms. The number of rotatable bonds is 4. The second-order valence-corrected chi connectivity index (χ2v) is 5.79. The monoisotopic (exact) mass is 345 g/mol. The highest BCUT2D eigenvalue weighted by molar-refractivity contribution is 6.30. The van der Waals surface area contributed by atoms with Gasteiger partial charge in [0.1, 0.15) is 11.9 Å². The van der Waals surface area contributed by atoms with Crippen LogP contribution in [0.3, 0.4) is 0 Å². The molecule has 2 N–H and O–H groups in total. The molecule has 2 heterocycles. The van der Waals surface area contributed by atoms with E-state index < -0.39 is 6.10 Å². The summed E-state index contributed by atoms with van der Waals surface area (Å²) in [5, 5.41) is 5.92. The van der Waals surface area contributed by atoms with Crippen LogP contribution in [0.15, 0.2) is 42.6 Å². The Bertz CT molecular complexity index is 743. The second kappa shape index (κ2) is 7.42. The van der Waals surface area contributed by atoms with E-state index in [-0.39, 0.29) is 11.8 Å². The molecule has 0 saturated carbocycles. The molecule has 1 aliphatic heterocycles. The van der Waals surface area contributed by atoms with Gasteiger partial charge in [0, 0.05) is 12.8 Å². The molecule has 124 valence electrons. The number of amides is 2. The van der Waals surface area contributed by atoms with Crippen LogP contribution in [0.25, 0.3) is 0 Å². The third-order valence-electron chi connectivity index (χ3n) is 3.62. The van der Waals surface area contributed by atoms with Gasteiger partial charge in [-0.1, -0.05) is 23.7 Å². The standard InChI is InChI=1S/C17H16ClN3O3/c18-11-7-8-15(19-10-11)21-16(22)12-4-1-2-5-13(12)20-17(23)14-6-3-9-24-14/h1-2,4-5,7-8,10,14H,3,6,9H2,(H,20,23)(H,19,21,22)/t14-/m0/s1. The van der Waals surface area contributed by atoms with E-state index in [1.54, 1.807) is 36.4 Å². The largest absolute Gasteiger partial charge is 0.368 e. The molecular weight excluding hydrogens is 330 g/mol. The summed E-state index contributed by atoms with van der Waals surface area (Å²) in [5.74, 6) is -0.227. The lowest BCUT2D eigenvalue weighted by atomic mass is 10.1. The van der Waals surface area contributed by atoms with E-state index >= 15 is 0 Å². The zero-order valence-corrected chi connectivity index (χ0v) is 13.5. The van der Waals surface area contributed by atoms with Crippen LogP contribution in [0, 0.1) is 0 Å². The van der Waals surface area contributed by atoms with E-state index in [1.807, 2.05) is 0 Å². The predicted octanol–water partition coefficient (Wildman–Crippen LogP) is 3.10. The van der Waals surface area contributed by atoms with Gasteiger partial charge >= 0.3 is 0 Å². The van der Waals surface area contributed by atoms with Gasteiger partial charge in [-0.05, 0) is 37.1 Å².